The van der Waals surface area contributed by atoms with Gasteiger partial charge in [0.25, 0.3) is 0 Å². The highest BCUT2D eigenvalue weighted by atomic mass is 79.9. The Balaban J connectivity index is 2.06. The summed E-state index contributed by atoms with van der Waals surface area (Å²) in [4.78, 5) is 0. The first-order valence-electron chi connectivity index (χ1n) is 7.19. The van der Waals surface area contributed by atoms with E-state index in [-0.39, 0.29) is 12.4 Å². The summed E-state index contributed by atoms with van der Waals surface area (Å²) in [5.74, 6) is 0.345. The van der Waals surface area contributed by atoms with Crippen LogP contribution < -0.4 is 10.1 Å². The molecule has 2 rings (SSSR count). The zero-order chi connectivity index (χ0) is 16.8. The van der Waals surface area contributed by atoms with E-state index in [9.17, 15) is 9.50 Å². The summed E-state index contributed by atoms with van der Waals surface area (Å²) >= 11 is 9.45. The molecule has 0 aromatic heterocycles. The normalized spacial score (nSPS) is 12.2. The van der Waals surface area contributed by atoms with Gasteiger partial charge >= 0.3 is 0 Å². The van der Waals surface area contributed by atoms with Gasteiger partial charge < -0.3 is 15.2 Å². The molecule has 0 aliphatic carbocycles. The molecule has 0 unspecified atom stereocenters. The van der Waals surface area contributed by atoms with Gasteiger partial charge in [0.05, 0.1) is 11.1 Å². The Morgan fingerprint density at radius 1 is 1.26 bits per heavy atom. The maximum atomic E-state index is 13.1. The van der Waals surface area contributed by atoms with E-state index in [0.717, 1.165) is 15.6 Å². The van der Waals surface area contributed by atoms with E-state index in [4.69, 9.17) is 16.3 Å². The monoisotopic (exact) mass is 401 g/mol. The first kappa shape index (κ1) is 18.2. The Bertz CT molecular complexity index is 667. The average molecular weight is 403 g/mol. The predicted octanol–water partition coefficient (Wildman–Crippen LogP) is 4.29. The van der Waals surface area contributed by atoms with Crippen molar-refractivity contribution in [2.75, 3.05) is 6.54 Å². The van der Waals surface area contributed by atoms with E-state index in [1.807, 2.05) is 18.2 Å². The van der Waals surface area contributed by atoms with Crippen LogP contribution in [0.3, 0.4) is 0 Å². The molecule has 3 nitrogen and oxygen atoms in total. The molecule has 0 saturated heterocycles. The lowest BCUT2D eigenvalue weighted by Crippen LogP contribution is -2.24. The van der Waals surface area contributed by atoms with Crippen molar-refractivity contribution in [3.05, 3.63) is 62.8 Å². The SMILES string of the molecule is C[C@@H](O)CNCc1cc(Br)ccc1OCc1ccc(F)cc1Cl. The summed E-state index contributed by atoms with van der Waals surface area (Å²) in [6.07, 6.45) is -0.412. The first-order chi connectivity index (χ1) is 11.0. The molecule has 0 fully saturated rings. The number of hydrogen-bond acceptors (Lipinski definition) is 3. The molecule has 0 aliphatic rings. The van der Waals surface area contributed by atoms with Crippen LogP contribution in [0.15, 0.2) is 40.9 Å². The van der Waals surface area contributed by atoms with Crippen LogP contribution in [0.25, 0.3) is 0 Å². The summed E-state index contributed by atoms with van der Waals surface area (Å²) < 4.78 is 19.8. The van der Waals surface area contributed by atoms with Crippen LogP contribution in [-0.2, 0) is 13.2 Å². The average Bonchev–Trinajstić information content (AvgIpc) is 2.47. The molecular weight excluding hydrogens is 385 g/mol. The summed E-state index contributed by atoms with van der Waals surface area (Å²) in [6, 6.07) is 9.95. The lowest BCUT2D eigenvalue weighted by Gasteiger charge is -2.14. The Hall–Kier alpha value is -1.14. The maximum absolute atomic E-state index is 13.1. The highest BCUT2D eigenvalue weighted by molar-refractivity contribution is 9.10. The molecule has 2 aromatic carbocycles. The van der Waals surface area contributed by atoms with Gasteiger partial charge in [-0.2, -0.15) is 0 Å². The number of hydrogen-bond donors (Lipinski definition) is 2. The standard InChI is InChI=1S/C17H18BrClFNO2/c1-11(22)8-21-9-13-6-14(18)3-5-17(13)23-10-12-2-4-15(20)7-16(12)19/h2-7,11,21-22H,8-10H2,1H3/t11-/m1/s1. The van der Waals surface area contributed by atoms with Gasteiger partial charge in [0.2, 0.25) is 0 Å². The largest absolute Gasteiger partial charge is 0.489 e. The Kier molecular flexibility index (Phi) is 6.84. The third-order valence-corrected chi connectivity index (χ3v) is 4.02. The van der Waals surface area contributed by atoms with Crippen LogP contribution in [0.2, 0.25) is 5.02 Å². The van der Waals surface area contributed by atoms with Crippen LogP contribution in [0.4, 0.5) is 4.39 Å². The van der Waals surface area contributed by atoms with Crippen LogP contribution >= 0.6 is 27.5 Å². The van der Waals surface area contributed by atoms with Crippen molar-refractivity contribution in [3.63, 3.8) is 0 Å². The molecule has 0 radical (unpaired) electrons. The number of halogens is 3. The number of nitrogens with one attached hydrogen (secondary N) is 1. The number of aliphatic hydroxyl groups excluding tert-OH is 1. The minimum absolute atomic E-state index is 0.254. The molecule has 0 heterocycles. The smallest absolute Gasteiger partial charge is 0.124 e. The number of aliphatic hydroxyl groups is 1. The number of ether oxygens (including phenoxy) is 1. The molecule has 23 heavy (non-hydrogen) atoms. The van der Waals surface area contributed by atoms with Gasteiger partial charge in [0.1, 0.15) is 18.2 Å². The van der Waals surface area contributed by atoms with Crippen LogP contribution in [0, 0.1) is 5.82 Å². The third kappa shape index (κ3) is 5.77. The quantitative estimate of drug-likeness (QED) is 0.726. The van der Waals surface area contributed by atoms with E-state index in [2.05, 4.69) is 21.2 Å². The Morgan fingerprint density at radius 3 is 2.74 bits per heavy atom. The summed E-state index contributed by atoms with van der Waals surface area (Å²) in [6.45, 7) is 3.04. The van der Waals surface area contributed by atoms with Crippen molar-refractivity contribution < 1.29 is 14.2 Å². The molecule has 2 N–H and O–H groups in total. The van der Waals surface area contributed by atoms with Crippen molar-refractivity contribution in [1.82, 2.24) is 5.32 Å². The minimum Gasteiger partial charge on any atom is -0.489 e. The van der Waals surface area contributed by atoms with Crippen LogP contribution in [0.5, 0.6) is 5.75 Å². The minimum atomic E-state index is -0.412. The van der Waals surface area contributed by atoms with Crippen molar-refractivity contribution in [2.45, 2.75) is 26.2 Å². The van der Waals surface area contributed by atoms with E-state index in [0.29, 0.717) is 23.9 Å². The number of rotatable bonds is 7. The predicted molar refractivity (Wildman–Crippen MR) is 93.3 cm³/mol. The molecule has 0 saturated carbocycles. The van der Waals surface area contributed by atoms with E-state index < -0.39 is 6.10 Å². The topological polar surface area (TPSA) is 41.5 Å². The van der Waals surface area contributed by atoms with Gasteiger partial charge in [-0.15, -0.1) is 0 Å². The van der Waals surface area contributed by atoms with Crippen LogP contribution in [-0.4, -0.2) is 17.8 Å². The van der Waals surface area contributed by atoms with Gasteiger partial charge in [-0.1, -0.05) is 33.6 Å². The fourth-order valence-corrected chi connectivity index (χ4v) is 2.67. The fraction of sp³-hybridized carbons (Fsp3) is 0.294. The van der Waals surface area contributed by atoms with Crippen molar-refractivity contribution in [3.8, 4) is 5.75 Å². The van der Waals surface area contributed by atoms with E-state index in [1.54, 1.807) is 13.0 Å². The second-order valence-electron chi connectivity index (χ2n) is 5.26. The zero-order valence-electron chi connectivity index (χ0n) is 12.7. The zero-order valence-corrected chi connectivity index (χ0v) is 15.0. The summed E-state index contributed by atoms with van der Waals surface area (Å²) in [7, 11) is 0. The van der Waals surface area contributed by atoms with Gasteiger partial charge in [-0.3, -0.25) is 0 Å². The highest BCUT2D eigenvalue weighted by Crippen LogP contribution is 2.25. The molecule has 124 valence electrons. The fourth-order valence-electron chi connectivity index (χ4n) is 2.04. The summed E-state index contributed by atoms with van der Waals surface area (Å²) in [5, 5.41) is 12.8. The Morgan fingerprint density at radius 2 is 2.04 bits per heavy atom. The van der Waals surface area contributed by atoms with Gasteiger partial charge in [0, 0.05) is 28.7 Å². The van der Waals surface area contributed by atoms with Crippen molar-refractivity contribution in [1.29, 1.82) is 0 Å². The highest BCUT2D eigenvalue weighted by Gasteiger charge is 2.08. The number of benzene rings is 2. The third-order valence-electron chi connectivity index (χ3n) is 3.18. The molecule has 6 heteroatoms. The van der Waals surface area contributed by atoms with Crippen LogP contribution in [0.1, 0.15) is 18.1 Å². The molecule has 0 amide bonds. The van der Waals surface area contributed by atoms with Gasteiger partial charge in [-0.25, -0.2) is 4.39 Å². The lowest BCUT2D eigenvalue weighted by molar-refractivity contribution is 0.190. The first-order valence-corrected chi connectivity index (χ1v) is 8.36. The molecule has 0 spiro atoms. The maximum Gasteiger partial charge on any atom is 0.124 e. The molecule has 0 bridgehead atoms. The van der Waals surface area contributed by atoms with Gasteiger partial charge in [0.15, 0.2) is 0 Å². The molecular formula is C17H18BrClFNO2. The van der Waals surface area contributed by atoms with E-state index >= 15 is 0 Å². The Labute approximate surface area is 148 Å². The molecule has 0 aliphatic heterocycles. The second-order valence-corrected chi connectivity index (χ2v) is 6.58. The molecule has 2 aromatic rings. The summed E-state index contributed by atoms with van der Waals surface area (Å²) in [5.41, 5.74) is 1.68. The van der Waals surface area contributed by atoms with E-state index in [1.165, 1.54) is 12.1 Å². The van der Waals surface area contributed by atoms with Gasteiger partial charge in [-0.05, 0) is 37.3 Å². The second kappa shape index (κ2) is 8.64. The van der Waals surface area contributed by atoms with Crippen molar-refractivity contribution in [2.24, 2.45) is 0 Å². The van der Waals surface area contributed by atoms with Crippen molar-refractivity contribution >= 4 is 27.5 Å². The molecule has 1 atom stereocenters. The lowest BCUT2D eigenvalue weighted by atomic mass is 10.2.